The number of alkyl halides is 3. The molecule has 1 aliphatic rings. The summed E-state index contributed by atoms with van der Waals surface area (Å²) in [6.45, 7) is -0.346. The highest BCUT2D eigenvalue weighted by Crippen LogP contribution is 2.44. The fourth-order valence-electron chi connectivity index (χ4n) is 2.35. The van der Waals surface area contributed by atoms with Gasteiger partial charge in [-0.15, -0.1) is 0 Å². The molecule has 0 saturated carbocycles. The maximum absolute atomic E-state index is 13.5. The summed E-state index contributed by atoms with van der Waals surface area (Å²) < 4.78 is 53.0. The highest BCUT2D eigenvalue weighted by molar-refractivity contribution is 6.30. The van der Waals surface area contributed by atoms with Crippen molar-refractivity contribution in [2.45, 2.75) is 19.0 Å². The lowest BCUT2D eigenvalue weighted by atomic mass is 9.79. The summed E-state index contributed by atoms with van der Waals surface area (Å²) in [6, 6.07) is 3.50. The predicted octanol–water partition coefficient (Wildman–Crippen LogP) is 3.13. The first-order valence-electron chi connectivity index (χ1n) is 6.01. The average molecular weight is 310 g/mol. The molecule has 1 aromatic carbocycles. The van der Waals surface area contributed by atoms with Crippen LogP contribution in [0.25, 0.3) is 0 Å². The molecule has 1 aromatic rings. The number of halogens is 5. The Balaban J connectivity index is 2.28. The van der Waals surface area contributed by atoms with Crippen LogP contribution in [-0.4, -0.2) is 25.0 Å². The third-order valence-electron chi connectivity index (χ3n) is 3.59. The first-order valence-corrected chi connectivity index (χ1v) is 6.39. The van der Waals surface area contributed by atoms with Crippen molar-refractivity contribution < 1.29 is 22.4 Å². The molecule has 1 fully saturated rings. The van der Waals surface area contributed by atoms with Gasteiger partial charge in [0.05, 0.1) is 0 Å². The van der Waals surface area contributed by atoms with Gasteiger partial charge in [-0.05, 0) is 36.7 Å². The summed E-state index contributed by atoms with van der Waals surface area (Å²) in [5, 5.41) is 2.73. The molecular weight excluding hydrogens is 298 g/mol. The van der Waals surface area contributed by atoms with Gasteiger partial charge in [0.15, 0.2) is 5.78 Å². The van der Waals surface area contributed by atoms with Gasteiger partial charge < -0.3 is 5.32 Å². The topological polar surface area (TPSA) is 29.1 Å². The molecule has 0 aromatic heterocycles. The predicted molar refractivity (Wildman–Crippen MR) is 66.1 cm³/mol. The Morgan fingerprint density at radius 2 is 2.10 bits per heavy atom. The Labute approximate surface area is 118 Å². The van der Waals surface area contributed by atoms with E-state index >= 15 is 0 Å². The summed E-state index contributed by atoms with van der Waals surface area (Å²) in [5.41, 5.74) is -2.54. The van der Waals surface area contributed by atoms with Gasteiger partial charge in [-0.25, -0.2) is 4.39 Å². The summed E-state index contributed by atoms with van der Waals surface area (Å²) in [7, 11) is 0. The van der Waals surface area contributed by atoms with E-state index in [2.05, 4.69) is 5.32 Å². The van der Waals surface area contributed by atoms with Crippen molar-refractivity contribution in [1.29, 1.82) is 0 Å². The molecule has 1 N–H and O–H groups in total. The van der Waals surface area contributed by atoms with E-state index in [0.29, 0.717) is 0 Å². The second kappa shape index (κ2) is 5.33. The number of benzene rings is 1. The maximum Gasteiger partial charge on any atom is 0.402 e. The van der Waals surface area contributed by atoms with Gasteiger partial charge in [0.1, 0.15) is 11.2 Å². The van der Waals surface area contributed by atoms with Crippen LogP contribution in [0.4, 0.5) is 17.6 Å². The Kier molecular flexibility index (Phi) is 4.07. The molecule has 0 amide bonds. The largest absolute Gasteiger partial charge is 0.402 e. The molecule has 2 nitrogen and oxygen atoms in total. The van der Waals surface area contributed by atoms with Crippen molar-refractivity contribution in [3.63, 3.8) is 0 Å². The van der Waals surface area contributed by atoms with Crippen LogP contribution in [0.2, 0.25) is 5.02 Å². The zero-order valence-electron chi connectivity index (χ0n) is 10.4. The monoisotopic (exact) mass is 309 g/mol. The average Bonchev–Trinajstić information content (AvgIpc) is 2.83. The molecule has 0 spiro atoms. The number of hydrogen-bond donors (Lipinski definition) is 1. The SMILES string of the molecule is O=C(Cc1cc(Cl)ccc1F)C1(C(F)(F)F)CCNC1. The number of rotatable bonds is 3. The molecule has 7 heteroatoms. The highest BCUT2D eigenvalue weighted by atomic mass is 35.5. The second-order valence-electron chi connectivity index (χ2n) is 4.84. The third-order valence-corrected chi connectivity index (χ3v) is 3.83. The van der Waals surface area contributed by atoms with Gasteiger partial charge in [0.2, 0.25) is 0 Å². The molecule has 0 aliphatic carbocycles. The number of ketones is 1. The molecular formula is C13H12ClF4NO. The van der Waals surface area contributed by atoms with E-state index in [-0.39, 0.29) is 23.6 Å². The van der Waals surface area contributed by atoms with E-state index in [1.165, 1.54) is 12.1 Å². The van der Waals surface area contributed by atoms with Gasteiger partial charge in [-0.3, -0.25) is 4.79 Å². The fourth-order valence-corrected chi connectivity index (χ4v) is 2.55. The first kappa shape index (κ1) is 15.3. The minimum absolute atomic E-state index is 0.113. The number of carbonyl (C=O) groups excluding carboxylic acids is 1. The summed E-state index contributed by atoms with van der Waals surface area (Å²) in [4.78, 5) is 12.1. The maximum atomic E-state index is 13.5. The van der Waals surface area contributed by atoms with E-state index in [0.717, 1.165) is 6.07 Å². The number of Topliss-reactive ketones (excluding diaryl/α,β-unsaturated/α-hetero) is 1. The van der Waals surface area contributed by atoms with E-state index < -0.39 is 36.2 Å². The van der Waals surface area contributed by atoms with Crippen LogP contribution >= 0.6 is 11.6 Å². The van der Waals surface area contributed by atoms with Crippen LogP contribution in [-0.2, 0) is 11.2 Å². The van der Waals surface area contributed by atoms with E-state index in [9.17, 15) is 22.4 Å². The van der Waals surface area contributed by atoms with Crippen LogP contribution in [0.15, 0.2) is 18.2 Å². The van der Waals surface area contributed by atoms with Gasteiger partial charge >= 0.3 is 6.18 Å². The summed E-state index contributed by atoms with van der Waals surface area (Å²) in [5.74, 6) is -1.76. The molecule has 110 valence electrons. The Hall–Kier alpha value is -1.14. The Bertz CT molecular complexity index is 524. The second-order valence-corrected chi connectivity index (χ2v) is 5.28. The van der Waals surface area contributed by atoms with E-state index in [1.54, 1.807) is 0 Å². The van der Waals surface area contributed by atoms with Gasteiger partial charge in [-0.1, -0.05) is 11.6 Å². The molecule has 0 bridgehead atoms. The first-order chi connectivity index (χ1) is 9.26. The van der Waals surface area contributed by atoms with Crippen LogP contribution in [0.5, 0.6) is 0 Å². The Morgan fingerprint density at radius 3 is 2.65 bits per heavy atom. The van der Waals surface area contributed by atoms with Crippen molar-refractivity contribution in [2.24, 2.45) is 5.41 Å². The van der Waals surface area contributed by atoms with Crippen molar-refractivity contribution in [3.05, 3.63) is 34.6 Å². The smallest absolute Gasteiger partial charge is 0.315 e. The molecule has 20 heavy (non-hydrogen) atoms. The van der Waals surface area contributed by atoms with Gasteiger partial charge in [-0.2, -0.15) is 13.2 Å². The molecule has 1 atom stereocenters. The number of hydrogen-bond acceptors (Lipinski definition) is 2. The zero-order valence-corrected chi connectivity index (χ0v) is 11.1. The molecule has 0 radical (unpaired) electrons. The molecule has 1 aliphatic heterocycles. The van der Waals surface area contributed by atoms with Crippen LogP contribution in [0, 0.1) is 11.2 Å². The lowest BCUT2D eigenvalue weighted by Crippen LogP contribution is -2.47. The van der Waals surface area contributed by atoms with Crippen LogP contribution in [0.1, 0.15) is 12.0 Å². The lowest BCUT2D eigenvalue weighted by molar-refractivity contribution is -0.214. The standard InChI is InChI=1S/C13H12ClF4NO/c14-9-1-2-10(15)8(5-9)6-11(20)12(13(16,17)18)3-4-19-7-12/h1-2,5,19H,3-4,6-7H2. The zero-order chi connectivity index (χ0) is 15.0. The number of nitrogens with one attached hydrogen (secondary N) is 1. The van der Waals surface area contributed by atoms with Crippen LogP contribution < -0.4 is 5.32 Å². The number of carbonyl (C=O) groups is 1. The molecule has 1 saturated heterocycles. The molecule has 1 unspecified atom stereocenters. The van der Waals surface area contributed by atoms with Gasteiger partial charge in [0.25, 0.3) is 0 Å². The highest BCUT2D eigenvalue weighted by Gasteiger charge is 2.60. The minimum Gasteiger partial charge on any atom is -0.315 e. The van der Waals surface area contributed by atoms with E-state index in [1.807, 2.05) is 0 Å². The summed E-state index contributed by atoms with van der Waals surface area (Å²) >= 11 is 5.67. The van der Waals surface area contributed by atoms with Crippen molar-refractivity contribution in [2.75, 3.05) is 13.1 Å². The van der Waals surface area contributed by atoms with Crippen LogP contribution in [0.3, 0.4) is 0 Å². The third kappa shape index (κ3) is 2.67. The normalized spacial score (nSPS) is 23.1. The van der Waals surface area contributed by atoms with Crippen molar-refractivity contribution in [1.82, 2.24) is 5.32 Å². The minimum atomic E-state index is -4.65. The Morgan fingerprint density at radius 1 is 1.40 bits per heavy atom. The molecule has 2 rings (SSSR count). The quantitative estimate of drug-likeness (QED) is 0.869. The van der Waals surface area contributed by atoms with Crippen molar-refractivity contribution >= 4 is 17.4 Å². The van der Waals surface area contributed by atoms with Gasteiger partial charge in [0, 0.05) is 18.0 Å². The van der Waals surface area contributed by atoms with Crippen molar-refractivity contribution in [3.8, 4) is 0 Å². The summed E-state index contributed by atoms with van der Waals surface area (Å²) in [6.07, 6.45) is -5.59. The molecule has 1 heterocycles. The lowest BCUT2D eigenvalue weighted by Gasteiger charge is -2.29. The van der Waals surface area contributed by atoms with E-state index in [4.69, 9.17) is 11.6 Å². The fraction of sp³-hybridized carbons (Fsp3) is 0.462.